The predicted molar refractivity (Wildman–Crippen MR) is 74.2 cm³/mol. The third-order valence-electron chi connectivity index (χ3n) is 3.21. The SMILES string of the molecule is O=[N+]([O-])c1ccc2c(c1)N(Cc1ccccc1)CN2. The molecule has 0 unspecified atom stereocenters. The lowest BCUT2D eigenvalue weighted by atomic mass is 10.2. The Bertz CT molecular complexity index is 613. The summed E-state index contributed by atoms with van der Waals surface area (Å²) >= 11 is 0. The van der Waals surface area contributed by atoms with Crippen LogP contribution in [0.3, 0.4) is 0 Å². The van der Waals surface area contributed by atoms with E-state index in [1.165, 1.54) is 11.6 Å². The molecule has 19 heavy (non-hydrogen) atoms. The molecule has 0 spiro atoms. The van der Waals surface area contributed by atoms with Crippen molar-refractivity contribution in [2.75, 3.05) is 16.9 Å². The van der Waals surface area contributed by atoms with Gasteiger partial charge in [-0.2, -0.15) is 0 Å². The van der Waals surface area contributed by atoms with E-state index in [1.807, 2.05) is 18.2 Å². The Morgan fingerprint density at radius 2 is 2.00 bits per heavy atom. The van der Waals surface area contributed by atoms with Gasteiger partial charge < -0.3 is 10.2 Å². The van der Waals surface area contributed by atoms with Gasteiger partial charge in [0.1, 0.15) is 0 Å². The molecule has 0 aromatic heterocycles. The van der Waals surface area contributed by atoms with Crippen LogP contribution in [0, 0.1) is 10.1 Å². The van der Waals surface area contributed by atoms with E-state index >= 15 is 0 Å². The Balaban J connectivity index is 1.88. The van der Waals surface area contributed by atoms with Crippen molar-refractivity contribution in [2.24, 2.45) is 0 Å². The van der Waals surface area contributed by atoms with Crippen LogP contribution < -0.4 is 10.2 Å². The number of nitro groups is 1. The minimum atomic E-state index is -0.362. The lowest BCUT2D eigenvalue weighted by molar-refractivity contribution is -0.384. The van der Waals surface area contributed by atoms with Crippen LogP contribution in [-0.4, -0.2) is 11.6 Å². The summed E-state index contributed by atoms with van der Waals surface area (Å²) in [5, 5.41) is 14.1. The van der Waals surface area contributed by atoms with Crippen LogP contribution in [-0.2, 0) is 6.54 Å². The fourth-order valence-electron chi connectivity index (χ4n) is 2.26. The maximum absolute atomic E-state index is 10.8. The number of rotatable bonds is 3. The molecule has 0 bridgehead atoms. The van der Waals surface area contributed by atoms with Gasteiger partial charge >= 0.3 is 0 Å². The van der Waals surface area contributed by atoms with Gasteiger partial charge in [-0.3, -0.25) is 10.1 Å². The van der Waals surface area contributed by atoms with E-state index in [4.69, 9.17) is 0 Å². The van der Waals surface area contributed by atoms with Crippen LogP contribution in [0.2, 0.25) is 0 Å². The zero-order valence-electron chi connectivity index (χ0n) is 10.2. The van der Waals surface area contributed by atoms with E-state index in [0.29, 0.717) is 6.67 Å². The highest BCUT2D eigenvalue weighted by Gasteiger charge is 2.21. The molecular formula is C14H13N3O2. The first-order valence-electron chi connectivity index (χ1n) is 6.05. The summed E-state index contributed by atoms with van der Waals surface area (Å²) in [5.74, 6) is 0. The van der Waals surface area contributed by atoms with Gasteiger partial charge in [0.15, 0.2) is 0 Å². The third-order valence-corrected chi connectivity index (χ3v) is 3.21. The van der Waals surface area contributed by atoms with Gasteiger partial charge in [-0.15, -0.1) is 0 Å². The molecule has 0 fully saturated rings. The second-order valence-corrected chi connectivity index (χ2v) is 4.48. The number of benzene rings is 2. The smallest absolute Gasteiger partial charge is 0.271 e. The van der Waals surface area contributed by atoms with Crippen LogP contribution in [0.15, 0.2) is 48.5 Å². The fraction of sp³-hybridized carbons (Fsp3) is 0.143. The van der Waals surface area contributed by atoms with Crippen molar-refractivity contribution in [3.05, 3.63) is 64.2 Å². The zero-order chi connectivity index (χ0) is 13.2. The molecule has 5 nitrogen and oxygen atoms in total. The van der Waals surface area contributed by atoms with Crippen LogP contribution in [0.4, 0.5) is 17.1 Å². The molecule has 1 aliphatic heterocycles. The summed E-state index contributed by atoms with van der Waals surface area (Å²) in [6.45, 7) is 1.41. The van der Waals surface area contributed by atoms with Crippen molar-refractivity contribution < 1.29 is 4.92 Å². The number of non-ortho nitro benzene ring substituents is 1. The number of nitrogens with one attached hydrogen (secondary N) is 1. The Kier molecular flexibility index (Phi) is 2.79. The normalized spacial score (nSPS) is 12.9. The van der Waals surface area contributed by atoms with Crippen LogP contribution in [0.25, 0.3) is 0 Å². The standard InChI is InChI=1S/C14H13N3O2/c18-17(19)12-6-7-13-14(8-12)16(10-15-13)9-11-4-2-1-3-5-11/h1-8,15H,9-10H2. The predicted octanol–water partition coefficient (Wildman–Crippen LogP) is 2.98. The summed E-state index contributed by atoms with van der Waals surface area (Å²) in [5.41, 5.74) is 3.14. The minimum absolute atomic E-state index is 0.125. The van der Waals surface area contributed by atoms with Crippen molar-refractivity contribution in [2.45, 2.75) is 6.54 Å². The number of hydrogen-bond donors (Lipinski definition) is 1. The first-order chi connectivity index (χ1) is 9.24. The average Bonchev–Trinajstić information content (AvgIpc) is 2.82. The molecule has 5 heteroatoms. The molecule has 96 valence electrons. The van der Waals surface area contributed by atoms with E-state index in [2.05, 4.69) is 22.3 Å². The molecule has 1 aliphatic rings. The Morgan fingerprint density at radius 3 is 2.74 bits per heavy atom. The summed E-state index contributed by atoms with van der Waals surface area (Å²) in [6, 6.07) is 15.0. The molecule has 0 atom stereocenters. The Labute approximate surface area is 110 Å². The molecule has 0 aliphatic carbocycles. The first-order valence-corrected chi connectivity index (χ1v) is 6.05. The second-order valence-electron chi connectivity index (χ2n) is 4.48. The molecule has 0 amide bonds. The van der Waals surface area contributed by atoms with Gasteiger partial charge in [0, 0.05) is 18.7 Å². The largest absolute Gasteiger partial charge is 0.366 e. The Hall–Kier alpha value is -2.56. The quantitative estimate of drug-likeness (QED) is 0.676. The highest BCUT2D eigenvalue weighted by molar-refractivity contribution is 5.77. The lowest BCUT2D eigenvalue weighted by Gasteiger charge is -2.17. The maximum atomic E-state index is 10.8. The molecule has 1 N–H and O–H groups in total. The minimum Gasteiger partial charge on any atom is -0.366 e. The van der Waals surface area contributed by atoms with Gasteiger partial charge in [-0.05, 0) is 11.6 Å². The van der Waals surface area contributed by atoms with Gasteiger partial charge in [-0.1, -0.05) is 30.3 Å². The monoisotopic (exact) mass is 255 g/mol. The molecule has 3 rings (SSSR count). The van der Waals surface area contributed by atoms with E-state index in [1.54, 1.807) is 12.1 Å². The van der Waals surface area contributed by atoms with Crippen molar-refractivity contribution in [3.63, 3.8) is 0 Å². The van der Waals surface area contributed by atoms with Crippen LogP contribution >= 0.6 is 0 Å². The van der Waals surface area contributed by atoms with Crippen molar-refractivity contribution in [1.82, 2.24) is 0 Å². The van der Waals surface area contributed by atoms with Gasteiger partial charge in [0.25, 0.3) is 5.69 Å². The zero-order valence-corrected chi connectivity index (χ0v) is 10.2. The summed E-state index contributed by atoms with van der Waals surface area (Å²) in [4.78, 5) is 12.6. The Morgan fingerprint density at radius 1 is 1.21 bits per heavy atom. The third kappa shape index (κ3) is 2.22. The first kappa shape index (κ1) is 11.5. The summed E-state index contributed by atoms with van der Waals surface area (Å²) in [7, 11) is 0. The highest BCUT2D eigenvalue weighted by Crippen LogP contribution is 2.35. The number of nitrogens with zero attached hydrogens (tertiary/aromatic N) is 2. The molecule has 2 aromatic rings. The van der Waals surface area contributed by atoms with Gasteiger partial charge in [-0.25, -0.2) is 0 Å². The van der Waals surface area contributed by atoms with Crippen molar-refractivity contribution in [1.29, 1.82) is 0 Å². The number of nitro benzene ring substituents is 1. The van der Waals surface area contributed by atoms with Gasteiger partial charge in [0.2, 0.25) is 0 Å². The molecule has 2 aromatic carbocycles. The maximum Gasteiger partial charge on any atom is 0.271 e. The number of anilines is 2. The molecular weight excluding hydrogens is 242 g/mol. The molecule has 0 saturated heterocycles. The topological polar surface area (TPSA) is 58.4 Å². The van der Waals surface area contributed by atoms with Crippen molar-refractivity contribution >= 4 is 17.1 Å². The molecule has 0 saturated carbocycles. The fourth-order valence-corrected chi connectivity index (χ4v) is 2.26. The van der Waals surface area contributed by atoms with Crippen LogP contribution in [0.5, 0.6) is 0 Å². The van der Waals surface area contributed by atoms with Gasteiger partial charge in [0.05, 0.1) is 23.0 Å². The highest BCUT2D eigenvalue weighted by atomic mass is 16.6. The second kappa shape index (κ2) is 4.61. The summed E-state index contributed by atoms with van der Waals surface area (Å²) < 4.78 is 0. The lowest BCUT2D eigenvalue weighted by Crippen LogP contribution is -2.21. The molecule has 0 radical (unpaired) electrons. The summed E-state index contributed by atoms with van der Waals surface area (Å²) in [6.07, 6.45) is 0. The van der Waals surface area contributed by atoms with Crippen LogP contribution in [0.1, 0.15) is 5.56 Å². The number of fused-ring (bicyclic) bond motifs is 1. The van der Waals surface area contributed by atoms with E-state index < -0.39 is 0 Å². The van der Waals surface area contributed by atoms with E-state index in [-0.39, 0.29) is 10.6 Å². The molecule has 1 heterocycles. The average molecular weight is 255 g/mol. The van der Waals surface area contributed by atoms with E-state index in [0.717, 1.165) is 17.9 Å². The van der Waals surface area contributed by atoms with Crippen molar-refractivity contribution in [3.8, 4) is 0 Å². The number of hydrogen-bond acceptors (Lipinski definition) is 4. The van der Waals surface area contributed by atoms with E-state index in [9.17, 15) is 10.1 Å².